The number of para-hydroxylation sites is 1. The highest BCUT2D eigenvalue weighted by Gasteiger charge is 2.32. The van der Waals surface area contributed by atoms with Gasteiger partial charge in [-0.3, -0.25) is 9.59 Å². The lowest BCUT2D eigenvalue weighted by Crippen LogP contribution is -2.43. The van der Waals surface area contributed by atoms with Crippen molar-refractivity contribution < 1.29 is 9.59 Å². The first-order valence-corrected chi connectivity index (χ1v) is 9.83. The molecule has 0 N–H and O–H groups in total. The van der Waals surface area contributed by atoms with Crippen LogP contribution >= 0.6 is 0 Å². The van der Waals surface area contributed by atoms with Crippen LogP contribution in [0.25, 0.3) is 5.69 Å². The summed E-state index contributed by atoms with van der Waals surface area (Å²) >= 11 is 0. The third-order valence-electron chi connectivity index (χ3n) is 5.79. The maximum atomic E-state index is 13.0. The second-order valence-corrected chi connectivity index (χ2v) is 7.49. The first kappa shape index (κ1) is 17.8. The Hall–Kier alpha value is -2.63. The molecule has 2 aliphatic rings. The van der Waals surface area contributed by atoms with Crippen LogP contribution in [0.5, 0.6) is 0 Å². The summed E-state index contributed by atoms with van der Waals surface area (Å²) in [6.07, 6.45) is 5.41. The van der Waals surface area contributed by atoms with Gasteiger partial charge in [0.05, 0.1) is 23.1 Å². The molecule has 3 heterocycles. The predicted molar refractivity (Wildman–Crippen MR) is 103 cm³/mol. The number of benzene rings is 1. The van der Waals surface area contributed by atoms with Crippen molar-refractivity contribution in [2.24, 2.45) is 5.92 Å². The number of carbonyl (C=O) groups excluding carboxylic acids is 2. The van der Waals surface area contributed by atoms with E-state index in [2.05, 4.69) is 5.10 Å². The third-order valence-corrected chi connectivity index (χ3v) is 5.79. The number of rotatable bonds is 3. The summed E-state index contributed by atoms with van der Waals surface area (Å²) in [4.78, 5) is 29.4. The highest BCUT2D eigenvalue weighted by atomic mass is 16.2. The van der Waals surface area contributed by atoms with Gasteiger partial charge in [0, 0.05) is 32.1 Å². The second-order valence-electron chi connectivity index (χ2n) is 7.49. The summed E-state index contributed by atoms with van der Waals surface area (Å²) in [5.74, 6) is 0.370. The van der Waals surface area contributed by atoms with Crippen molar-refractivity contribution in [3.63, 3.8) is 0 Å². The highest BCUT2D eigenvalue weighted by Crippen LogP contribution is 2.24. The minimum absolute atomic E-state index is 0.0155. The molecule has 6 nitrogen and oxygen atoms in total. The Morgan fingerprint density at radius 3 is 2.30 bits per heavy atom. The van der Waals surface area contributed by atoms with Crippen molar-refractivity contribution in [2.45, 2.75) is 32.6 Å². The van der Waals surface area contributed by atoms with Crippen molar-refractivity contribution in [3.05, 3.63) is 47.8 Å². The Balaban J connectivity index is 1.41. The van der Waals surface area contributed by atoms with E-state index in [0.29, 0.717) is 18.7 Å². The van der Waals surface area contributed by atoms with Crippen LogP contribution in [0.3, 0.4) is 0 Å². The molecule has 0 unspecified atom stereocenters. The Bertz CT molecular complexity index is 816. The SMILES string of the molecule is Cc1c(C(=O)N2CCC(C(=O)N3CCCC3)CC2)cnn1-c1ccccc1. The van der Waals surface area contributed by atoms with E-state index >= 15 is 0 Å². The summed E-state index contributed by atoms with van der Waals surface area (Å²) in [5.41, 5.74) is 2.44. The van der Waals surface area contributed by atoms with Gasteiger partial charge >= 0.3 is 0 Å². The van der Waals surface area contributed by atoms with Crippen LogP contribution in [0.15, 0.2) is 36.5 Å². The number of likely N-dealkylation sites (tertiary alicyclic amines) is 2. The van der Waals surface area contributed by atoms with E-state index < -0.39 is 0 Å². The molecule has 2 amide bonds. The van der Waals surface area contributed by atoms with Crippen LogP contribution in [-0.4, -0.2) is 57.6 Å². The maximum Gasteiger partial charge on any atom is 0.257 e. The Labute approximate surface area is 159 Å². The van der Waals surface area contributed by atoms with Gasteiger partial charge in [0.15, 0.2) is 0 Å². The zero-order valence-electron chi connectivity index (χ0n) is 15.8. The second kappa shape index (κ2) is 7.55. The first-order valence-electron chi connectivity index (χ1n) is 9.83. The normalized spacial score (nSPS) is 18.1. The zero-order chi connectivity index (χ0) is 18.8. The largest absolute Gasteiger partial charge is 0.342 e. The molecule has 0 bridgehead atoms. The smallest absolute Gasteiger partial charge is 0.257 e. The molecule has 0 saturated carbocycles. The van der Waals surface area contributed by atoms with Crippen LogP contribution in [-0.2, 0) is 4.79 Å². The predicted octanol–water partition coefficient (Wildman–Crippen LogP) is 2.66. The zero-order valence-corrected chi connectivity index (χ0v) is 15.8. The topological polar surface area (TPSA) is 58.4 Å². The molecule has 0 spiro atoms. The molecule has 0 atom stereocenters. The van der Waals surface area contributed by atoms with E-state index in [-0.39, 0.29) is 17.7 Å². The molecule has 4 rings (SSSR count). The number of piperidine rings is 1. The molecule has 142 valence electrons. The lowest BCUT2D eigenvalue weighted by atomic mass is 9.95. The van der Waals surface area contributed by atoms with Gasteiger partial charge in [-0.2, -0.15) is 5.10 Å². The summed E-state index contributed by atoms with van der Waals surface area (Å²) in [6.45, 7) is 5.00. The van der Waals surface area contributed by atoms with Crippen molar-refractivity contribution >= 4 is 11.8 Å². The average Bonchev–Trinajstić information content (AvgIpc) is 3.38. The molecular formula is C21H26N4O2. The van der Waals surface area contributed by atoms with Crippen LogP contribution < -0.4 is 0 Å². The average molecular weight is 366 g/mol. The molecule has 6 heteroatoms. The number of hydrogen-bond acceptors (Lipinski definition) is 3. The lowest BCUT2D eigenvalue weighted by Gasteiger charge is -2.33. The quantitative estimate of drug-likeness (QED) is 0.839. The number of aromatic nitrogens is 2. The maximum absolute atomic E-state index is 13.0. The molecule has 0 radical (unpaired) electrons. The van der Waals surface area contributed by atoms with Crippen molar-refractivity contribution in [2.75, 3.05) is 26.2 Å². The van der Waals surface area contributed by atoms with Crippen molar-refractivity contribution in [3.8, 4) is 5.69 Å². The van der Waals surface area contributed by atoms with Gasteiger partial charge < -0.3 is 9.80 Å². The summed E-state index contributed by atoms with van der Waals surface area (Å²) in [7, 11) is 0. The Morgan fingerprint density at radius 1 is 0.963 bits per heavy atom. The lowest BCUT2D eigenvalue weighted by molar-refractivity contribution is -0.135. The standard InChI is InChI=1S/C21H26N4O2/c1-16-19(15-22-25(16)18-7-3-2-4-8-18)21(27)24-13-9-17(10-14-24)20(26)23-11-5-6-12-23/h2-4,7-8,15,17H,5-6,9-14H2,1H3. The molecule has 0 aliphatic carbocycles. The Morgan fingerprint density at radius 2 is 1.63 bits per heavy atom. The first-order chi connectivity index (χ1) is 13.1. The van der Waals surface area contributed by atoms with Crippen LogP contribution in [0.2, 0.25) is 0 Å². The van der Waals surface area contributed by atoms with Gasteiger partial charge in [0.25, 0.3) is 5.91 Å². The number of nitrogens with zero attached hydrogens (tertiary/aromatic N) is 4. The van der Waals surface area contributed by atoms with Gasteiger partial charge in [0.1, 0.15) is 0 Å². The minimum atomic E-state index is 0.0155. The van der Waals surface area contributed by atoms with Gasteiger partial charge in [0.2, 0.25) is 5.91 Å². The monoisotopic (exact) mass is 366 g/mol. The number of hydrogen-bond donors (Lipinski definition) is 0. The van der Waals surface area contributed by atoms with Gasteiger partial charge in [-0.1, -0.05) is 18.2 Å². The third kappa shape index (κ3) is 3.48. The molecule has 1 aromatic heterocycles. The molecule has 2 aliphatic heterocycles. The fraction of sp³-hybridized carbons (Fsp3) is 0.476. The van der Waals surface area contributed by atoms with E-state index in [1.165, 1.54) is 0 Å². The number of carbonyl (C=O) groups is 2. The van der Waals surface area contributed by atoms with E-state index in [4.69, 9.17) is 0 Å². The van der Waals surface area contributed by atoms with Gasteiger partial charge in [-0.15, -0.1) is 0 Å². The molecule has 27 heavy (non-hydrogen) atoms. The van der Waals surface area contributed by atoms with E-state index in [9.17, 15) is 9.59 Å². The van der Waals surface area contributed by atoms with Crippen LogP contribution in [0, 0.1) is 12.8 Å². The molecule has 2 fully saturated rings. The van der Waals surface area contributed by atoms with Gasteiger partial charge in [-0.25, -0.2) is 4.68 Å². The minimum Gasteiger partial charge on any atom is -0.342 e. The fourth-order valence-corrected chi connectivity index (χ4v) is 4.14. The number of amides is 2. The summed E-state index contributed by atoms with van der Waals surface area (Å²) in [6, 6.07) is 9.83. The van der Waals surface area contributed by atoms with Crippen molar-refractivity contribution in [1.29, 1.82) is 0 Å². The fourth-order valence-electron chi connectivity index (χ4n) is 4.14. The van der Waals surface area contributed by atoms with Crippen molar-refractivity contribution in [1.82, 2.24) is 19.6 Å². The molecular weight excluding hydrogens is 340 g/mol. The van der Waals surface area contributed by atoms with E-state index in [1.807, 2.05) is 47.1 Å². The Kier molecular flexibility index (Phi) is 4.97. The molecule has 2 saturated heterocycles. The molecule has 1 aromatic carbocycles. The van der Waals surface area contributed by atoms with E-state index in [0.717, 1.165) is 50.2 Å². The van der Waals surface area contributed by atoms with Crippen LogP contribution in [0.4, 0.5) is 0 Å². The van der Waals surface area contributed by atoms with Gasteiger partial charge in [-0.05, 0) is 44.7 Å². The highest BCUT2D eigenvalue weighted by molar-refractivity contribution is 5.95. The van der Waals surface area contributed by atoms with E-state index in [1.54, 1.807) is 10.9 Å². The van der Waals surface area contributed by atoms with Crippen LogP contribution in [0.1, 0.15) is 41.7 Å². The summed E-state index contributed by atoms with van der Waals surface area (Å²) < 4.78 is 1.80. The molecule has 2 aromatic rings. The summed E-state index contributed by atoms with van der Waals surface area (Å²) in [5, 5.41) is 4.41.